The highest BCUT2D eigenvalue weighted by Gasteiger charge is 2.44. The van der Waals surface area contributed by atoms with Crippen molar-refractivity contribution in [3.05, 3.63) is 100 Å². The van der Waals surface area contributed by atoms with Gasteiger partial charge in [-0.05, 0) is 107 Å². The molecule has 1 saturated heterocycles. The Balaban J connectivity index is 1.17. The van der Waals surface area contributed by atoms with Gasteiger partial charge in [0.05, 0.1) is 52.9 Å². The number of urea groups is 1. The van der Waals surface area contributed by atoms with Gasteiger partial charge in [-0.3, -0.25) is 38.4 Å². The molecule has 0 unspecified atom stereocenters. The quantitative estimate of drug-likeness (QED) is 0.0136. The Morgan fingerprint density at radius 3 is 2.04 bits per heavy atom. The third kappa shape index (κ3) is 25.8. The molecule has 0 saturated carbocycles. The van der Waals surface area contributed by atoms with E-state index in [1.165, 1.54) is 63.4 Å². The van der Waals surface area contributed by atoms with Crippen LogP contribution in [0.4, 0.5) is 15.3 Å². The maximum absolute atomic E-state index is 14.8. The van der Waals surface area contributed by atoms with E-state index in [9.17, 15) is 52.7 Å². The highest BCUT2D eigenvalue weighted by atomic mass is 32.2. The van der Waals surface area contributed by atoms with Crippen molar-refractivity contribution in [2.45, 2.75) is 200 Å². The van der Waals surface area contributed by atoms with Crippen LogP contribution in [0.2, 0.25) is 0 Å². The monoisotopic (exact) mass is 1440 g/mol. The summed E-state index contributed by atoms with van der Waals surface area (Å²) in [6.45, 7) is 17.9. The number of nitrogens with two attached hydrogens (primary N) is 1. The van der Waals surface area contributed by atoms with Gasteiger partial charge in [-0.25, -0.2) is 24.5 Å². The minimum Gasteiger partial charge on any atom is -0.445 e. The SMILES string of the molecule is CC[C@H](C)[C@@H]([C@@H](CC(=O)N1CCC[C@H]1[C@H](OC)[C@@H](C)C(=O)C[C@@H](Cc1ccccc1)c1nccs1)OC)N(C)C(=O)[C@@H](CC(=O)C(C)(C)NC(=O)OCc1ccc(NC(=O)[C@H](CCCNC(N)=O)CC(=O)[C@@H](NC(=O)[C@H](CCNC(=O)c2cnc(SC)nc2)CC(C)=O)C(C)C)cc1)C(C)C. The van der Waals surface area contributed by atoms with Crippen molar-refractivity contribution in [3.63, 3.8) is 0 Å². The highest BCUT2D eigenvalue weighted by molar-refractivity contribution is 7.98. The number of nitrogens with zero attached hydrogens (tertiary/aromatic N) is 5. The molecular weight excluding hydrogens is 1330 g/mol. The molecule has 554 valence electrons. The minimum absolute atomic E-state index is 0.0298. The lowest BCUT2D eigenvalue weighted by atomic mass is 9.83. The van der Waals surface area contributed by atoms with E-state index in [-0.39, 0.29) is 124 Å². The first-order valence-electron chi connectivity index (χ1n) is 34.9. The number of carbonyl (C=O) groups excluding carboxylic acids is 11. The van der Waals surface area contributed by atoms with Crippen LogP contribution in [0, 0.1) is 41.4 Å². The second-order valence-corrected chi connectivity index (χ2v) is 29.3. The third-order valence-corrected chi connectivity index (χ3v) is 20.6. The number of thiazole rings is 1. The minimum atomic E-state index is -1.49. The lowest BCUT2D eigenvalue weighted by Crippen LogP contribution is -2.55. The number of likely N-dealkylation sites (tertiary alicyclic amines) is 1. The summed E-state index contributed by atoms with van der Waals surface area (Å²) < 4.78 is 17.8. The average Bonchev–Trinajstić information content (AvgIpc) is 1.80. The first-order chi connectivity index (χ1) is 47.9. The van der Waals surface area contributed by atoms with Crippen molar-refractivity contribution in [2.24, 2.45) is 47.2 Å². The van der Waals surface area contributed by atoms with E-state index in [1.807, 2.05) is 63.1 Å². The molecule has 25 nitrogen and oxygen atoms in total. The highest BCUT2D eigenvalue weighted by Crippen LogP contribution is 2.34. The standard InChI is InChI=1S/C74H107N11O14S2/c1-15-46(6)64(60(97-12)40-62(90)85-33-20-24-57(85)65(98-13)48(8)58(87)38-53(69-77-32-34-101-69)36-49-21-17-16-18-22-49)84(11)70(94)56(44(2)3)39-61(89)74(9,10)83-73(96)99-43-50-25-27-55(28-26-50)81-67(92)51(23-19-30-78-71(75)95)37-59(88)63(45(4)5)82-68(93)52(35-47(7)86)29-31-76-66(91)54-41-79-72(100-14)80-42-54/h16-18,21-22,25-28,32,34,41-42,44-46,48,51-53,56-57,60,63-65H,15,19-20,23-24,29-31,33,35-40,43H2,1-14H3,(H,76,91)(H,81,92)(H,82,93)(H,83,96)(H3,75,78,95)/t46-,48-,51+,52+,53+,56-,57-,60+,63-,64-,65+/m0/s1. The number of primary amides is 1. The molecule has 1 aliphatic rings. The molecule has 4 aromatic rings. The predicted molar refractivity (Wildman–Crippen MR) is 387 cm³/mol. The van der Waals surface area contributed by atoms with E-state index in [1.54, 1.807) is 69.6 Å². The molecule has 2 aromatic carbocycles. The van der Waals surface area contributed by atoms with Crippen LogP contribution < -0.4 is 32.3 Å². The first kappa shape index (κ1) is 83.6. The smallest absolute Gasteiger partial charge is 0.408 e. The second-order valence-electron chi connectivity index (χ2n) is 27.6. The zero-order valence-electron chi connectivity index (χ0n) is 61.2. The topological polar surface area (TPSA) is 347 Å². The Hall–Kier alpha value is -8.01. The molecule has 2 aromatic heterocycles. The maximum Gasteiger partial charge on any atom is 0.408 e. The van der Waals surface area contributed by atoms with Gasteiger partial charge in [-0.2, -0.15) is 0 Å². The Bertz CT molecular complexity index is 3380. The normalized spacial score (nSPS) is 16.1. The molecule has 5 rings (SSSR count). The first-order valence-corrected chi connectivity index (χ1v) is 37.0. The maximum atomic E-state index is 14.8. The number of rotatable bonds is 43. The number of aromatic nitrogens is 3. The summed E-state index contributed by atoms with van der Waals surface area (Å²) in [4.78, 5) is 166. The van der Waals surface area contributed by atoms with Gasteiger partial charge in [0.1, 0.15) is 18.2 Å². The van der Waals surface area contributed by atoms with Crippen molar-refractivity contribution in [1.82, 2.24) is 46.0 Å². The van der Waals surface area contributed by atoms with Gasteiger partial charge in [0.25, 0.3) is 5.91 Å². The van der Waals surface area contributed by atoms with E-state index in [0.29, 0.717) is 42.2 Å². The van der Waals surface area contributed by atoms with Crippen molar-refractivity contribution in [2.75, 3.05) is 52.5 Å². The molecule has 101 heavy (non-hydrogen) atoms. The van der Waals surface area contributed by atoms with E-state index in [2.05, 4.69) is 53.7 Å². The lowest BCUT2D eigenvalue weighted by Gasteiger charge is -2.41. The molecular formula is C74H107N11O14S2. The summed E-state index contributed by atoms with van der Waals surface area (Å²) >= 11 is 2.85. The van der Waals surface area contributed by atoms with E-state index in [4.69, 9.17) is 19.9 Å². The Morgan fingerprint density at radius 1 is 0.782 bits per heavy atom. The Labute approximate surface area is 603 Å². The van der Waals surface area contributed by atoms with Crippen molar-refractivity contribution in [3.8, 4) is 0 Å². The molecule has 0 aliphatic carbocycles. The third-order valence-electron chi connectivity index (χ3n) is 19.1. The summed E-state index contributed by atoms with van der Waals surface area (Å²) in [5, 5.41) is 16.8. The van der Waals surface area contributed by atoms with Crippen LogP contribution in [0.5, 0.6) is 0 Å². The molecule has 7 N–H and O–H groups in total. The Morgan fingerprint density at radius 2 is 1.46 bits per heavy atom. The molecule has 27 heteroatoms. The van der Waals surface area contributed by atoms with Gasteiger partial charge in [-0.15, -0.1) is 11.3 Å². The number of methoxy groups -OCH3 is 2. The van der Waals surface area contributed by atoms with Crippen LogP contribution >= 0.6 is 23.1 Å². The van der Waals surface area contributed by atoms with Crippen molar-refractivity contribution >= 4 is 93.6 Å². The molecule has 1 fully saturated rings. The number of Topliss-reactive ketones (excluding diaryl/α,β-unsaturated/α-hetero) is 4. The van der Waals surface area contributed by atoms with Gasteiger partial charge < -0.3 is 61.1 Å². The number of carbonyl (C=O) groups is 11. The number of ketones is 4. The fourth-order valence-corrected chi connectivity index (χ4v) is 14.0. The zero-order chi connectivity index (χ0) is 74.7. The molecule has 0 radical (unpaired) electrons. The largest absolute Gasteiger partial charge is 0.445 e. The number of amides is 8. The molecule has 3 heterocycles. The fourth-order valence-electron chi connectivity index (χ4n) is 12.9. The summed E-state index contributed by atoms with van der Waals surface area (Å²) in [5.74, 6) is -7.32. The van der Waals surface area contributed by atoms with Gasteiger partial charge >= 0.3 is 12.1 Å². The molecule has 1 aliphatic heterocycles. The van der Waals surface area contributed by atoms with Crippen LogP contribution in [-0.2, 0) is 65.6 Å². The summed E-state index contributed by atoms with van der Waals surface area (Å²) in [6, 6.07) is 13.7. The van der Waals surface area contributed by atoms with Gasteiger partial charge in [-0.1, -0.05) is 109 Å². The van der Waals surface area contributed by atoms with Crippen LogP contribution in [0.1, 0.15) is 172 Å². The number of likely N-dealkylation sites (N-methyl/N-ethyl adjacent to an activating group) is 1. The lowest BCUT2D eigenvalue weighted by molar-refractivity contribution is -0.149. The number of anilines is 1. The van der Waals surface area contributed by atoms with E-state index in [0.717, 1.165) is 17.0 Å². The van der Waals surface area contributed by atoms with Crippen LogP contribution in [0.25, 0.3) is 0 Å². The van der Waals surface area contributed by atoms with Crippen LogP contribution in [-0.4, -0.2) is 173 Å². The van der Waals surface area contributed by atoms with Gasteiger partial charge in [0.15, 0.2) is 16.7 Å². The second kappa shape index (κ2) is 41.2. The average molecular weight is 1440 g/mol. The van der Waals surface area contributed by atoms with E-state index < -0.39 is 101 Å². The van der Waals surface area contributed by atoms with E-state index >= 15 is 0 Å². The number of hydrogen-bond acceptors (Lipinski definition) is 19. The Kier molecular flexibility index (Phi) is 34.1. The number of alkyl carbamates (subject to hydrolysis) is 1. The van der Waals surface area contributed by atoms with Gasteiger partial charge in [0, 0.05) is 126 Å². The molecule has 0 bridgehead atoms. The van der Waals surface area contributed by atoms with Crippen molar-refractivity contribution in [1.29, 1.82) is 0 Å². The summed E-state index contributed by atoms with van der Waals surface area (Å²) in [6.07, 6.45) is 6.87. The van der Waals surface area contributed by atoms with Crippen molar-refractivity contribution < 1.29 is 67.0 Å². The fraction of sp³-hybridized carbons (Fsp3) is 0.595. The van der Waals surface area contributed by atoms with Crippen LogP contribution in [0.15, 0.2) is 83.7 Å². The summed E-state index contributed by atoms with van der Waals surface area (Å²) in [7, 11) is 4.79. The number of thioether (sulfide) groups is 1. The number of benzene rings is 2. The number of ether oxygens (including phenoxy) is 3. The van der Waals surface area contributed by atoms with Crippen LogP contribution in [0.3, 0.4) is 0 Å². The molecule has 8 amide bonds. The van der Waals surface area contributed by atoms with Gasteiger partial charge in [0.2, 0.25) is 23.6 Å². The predicted octanol–water partition coefficient (Wildman–Crippen LogP) is 9.32. The number of hydrogen-bond donors (Lipinski definition) is 6. The summed E-state index contributed by atoms with van der Waals surface area (Å²) in [5.41, 5.74) is 6.00. The zero-order valence-corrected chi connectivity index (χ0v) is 62.8. The number of nitrogens with one attached hydrogen (secondary N) is 5. The molecule has 0 spiro atoms. The molecule has 11 atom stereocenters.